The van der Waals surface area contributed by atoms with Gasteiger partial charge in [-0.25, -0.2) is 5.43 Å². The minimum absolute atomic E-state index is 0.104. The summed E-state index contributed by atoms with van der Waals surface area (Å²) < 4.78 is 0. The molecule has 0 saturated carbocycles. The van der Waals surface area contributed by atoms with E-state index in [9.17, 15) is 4.79 Å². The maximum absolute atomic E-state index is 11.9. The van der Waals surface area contributed by atoms with Gasteiger partial charge in [0.15, 0.2) is 0 Å². The predicted octanol–water partition coefficient (Wildman–Crippen LogP) is 4.51. The number of hydrogen-bond donors (Lipinski definition) is 1. The van der Waals surface area contributed by atoms with Gasteiger partial charge in [-0.1, -0.05) is 60.5 Å². The molecule has 0 bridgehead atoms. The molecule has 0 radical (unpaired) electrons. The molecule has 3 nitrogen and oxygen atoms in total. The normalized spacial score (nSPS) is 12.3. The molecule has 0 aliphatic heterocycles. The minimum atomic E-state index is -0.367. The molecule has 0 aromatic heterocycles. The fourth-order valence-electron chi connectivity index (χ4n) is 1.78. The van der Waals surface area contributed by atoms with E-state index in [4.69, 9.17) is 23.2 Å². The Morgan fingerprint density at radius 1 is 1.19 bits per heavy atom. The van der Waals surface area contributed by atoms with E-state index in [1.807, 2.05) is 37.3 Å². The van der Waals surface area contributed by atoms with Crippen molar-refractivity contribution in [3.63, 3.8) is 0 Å². The maximum Gasteiger partial charge on any atom is 0.272 e. The first-order chi connectivity index (χ1) is 10.1. The van der Waals surface area contributed by atoms with Crippen molar-refractivity contribution in [1.82, 2.24) is 5.43 Å². The van der Waals surface area contributed by atoms with Crippen molar-refractivity contribution in [1.29, 1.82) is 0 Å². The van der Waals surface area contributed by atoms with Crippen molar-refractivity contribution in [2.75, 3.05) is 0 Å². The average molecular weight is 321 g/mol. The lowest BCUT2D eigenvalue weighted by Gasteiger charge is -2.06. The number of hydrazone groups is 1. The molecule has 2 aromatic rings. The largest absolute Gasteiger partial charge is 0.272 e. The van der Waals surface area contributed by atoms with Gasteiger partial charge in [0, 0.05) is 17.2 Å². The molecule has 1 atom stereocenters. The first-order valence-electron chi connectivity index (χ1n) is 6.41. The summed E-state index contributed by atoms with van der Waals surface area (Å²) in [4.78, 5) is 11.9. The second-order valence-corrected chi connectivity index (χ2v) is 5.39. The van der Waals surface area contributed by atoms with E-state index in [0.717, 1.165) is 5.56 Å². The molecule has 0 aliphatic rings. The molecule has 1 amide bonds. The lowest BCUT2D eigenvalue weighted by atomic mass is 10.0. The Labute approximate surface area is 133 Å². The fourth-order valence-corrected chi connectivity index (χ4v) is 2.28. The molecule has 2 aromatic carbocycles. The standard InChI is InChI=1S/C16H14Cl2N2O/c1-11(12-5-3-2-4-6-12)10-19-20-16(21)14-8-7-13(17)9-15(14)18/h2-11H,1H3,(H,20,21). The van der Waals surface area contributed by atoms with Crippen LogP contribution in [0.1, 0.15) is 28.8 Å². The molecule has 0 heterocycles. The molecule has 1 unspecified atom stereocenters. The van der Waals surface area contributed by atoms with Crippen LogP contribution in [-0.4, -0.2) is 12.1 Å². The molecule has 0 fully saturated rings. The first kappa shape index (κ1) is 15.5. The number of halogens is 2. The van der Waals surface area contributed by atoms with Crippen LogP contribution in [0.5, 0.6) is 0 Å². The molecule has 0 aliphatic carbocycles. The summed E-state index contributed by atoms with van der Waals surface area (Å²) in [5, 5.41) is 4.75. The molecular weight excluding hydrogens is 307 g/mol. The van der Waals surface area contributed by atoms with E-state index < -0.39 is 0 Å². The molecule has 2 rings (SSSR count). The number of carbonyl (C=O) groups is 1. The van der Waals surface area contributed by atoms with Crippen LogP contribution in [-0.2, 0) is 0 Å². The third kappa shape index (κ3) is 4.31. The highest BCUT2D eigenvalue weighted by Crippen LogP contribution is 2.20. The smallest absolute Gasteiger partial charge is 0.267 e. The Morgan fingerprint density at radius 2 is 1.90 bits per heavy atom. The summed E-state index contributed by atoms with van der Waals surface area (Å²) in [6.07, 6.45) is 1.68. The Hall–Kier alpha value is -1.84. The summed E-state index contributed by atoms with van der Waals surface area (Å²) in [6, 6.07) is 14.6. The molecule has 108 valence electrons. The summed E-state index contributed by atoms with van der Waals surface area (Å²) in [5.74, 6) is -0.264. The van der Waals surface area contributed by atoms with Crippen molar-refractivity contribution >= 4 is 35.3 Å². The fraction of sp³-hybridized carbons (Fsp3) is 0.125. The molecular formula is C16H14Cl2N2O. The van der Waals surface area contributed by atoms with Crippen molar-refractivity contribution < 1.29 is 4.79 Å². The van der Waals surface area contributed by atoms with Crippen LogP contribution < -0.4 is 5.43 Å². The number of nitrogens with one attached hydrogen (secondary N) is 1. The SMILES string of the molecule is CC(C=NNC(=O)c1ccc(Cl)cc1Cl)c1ccccc1. The summed E-state index contributed by atoms with van der Waals surface area (Å²) in [6.45, 7) is 2.00. The van der Waals surface area contributed by atoms with Crippen LogP contribution in [0.15, 0.2) is 53.6 Å². The quantitative estimate of drug-likeness (QED) is 0.653. The first-order valence-corrected chi connectivity index (χ1v) is 7.17. The van der Waals surface area contributed by atoms with Gasteiger partial charge in [-0.2, -0.15) is 5.10 Å². The number of rotatable bonds is 4. The number of nitrogens with zero attached hydrogens (tertiary/aromatic N) is 1. The van der Waals surface area contributed by atoms with Crippen LogP contribution >= 0.6 is 23.2 Å². The second-order valence-electron chi connectivity index (χ2n) is 4.54. The number of hydrogen-bond acceptors (Lipinski definition) is 2. The van der Waals surface area contributed by atoms with Gasteiger partial charge in [-0.15, -0.1) is 0 Å². The monoisotopic (exact) mass is 320 g/mol. The molecule has 0 spiro atoms. The van der Waals surface area contributed by atoms with Gasteiger partial charge < -0.3 is 0 Å². The van der Waals surface area contributed by atoms with Crippen LogP contribution in [0, 0.1) is 0 Å². The molecule has 5 heteroatoms. The van der Waals surface area contributed by atoms with E-state index in [-0.39, 0.29) is 11.8 Å². The van der Waals surface area contributed by atoms with E-state index in [1.165, 1.54) is 6.07 Å². The van der Waals surface area contributed by atoms with Crippen LogP contribution in [0.4, 0.5) is 0 Å². The Kier molecular flexibility index (Phi) is 5.37. The Morgan fingerprint density at radius 3 is 2.57 bits per heavy atom. The Bertz CT molecular complexity index is 657. The van der Waals surface area contributed by atoms with Gasteiger partial charge in [0.25, 0.3) is 5.91 Å². The van der Waals surface area contributed by atoms with Gasteiger partial charge >= 0.3 is 0 Å². The lowest BCUT2D eigenvalue weighted by molar-refractivity contribution is 0.0955. The minimum Gasteiger partial charge on any atom is -0.267 e. The molecule has 21 heavy (non-hydrogen) atoms. The average Bonchev–Trinajstić information content (AvgIpc) is 2.47. The molecule has 0 saturated heterocycles. The zero-order valence-electron chi connectivity index (χ0n) is 11.4. The van der Waals surface area contributed by atoms with Crippen molar-refractivity contribution in [2.45, 2.75) is 12.8 Å². The second kappa shape index (κ2) is 7.25. The summed E-state index contributed by atoms with van der Waals surface area (Å²) in [5.41, 5.74) is 3.93. The van der Waals surface area contributed by atoms with E-state index in [2.05, 4.69) is 10.5 Å². The zero-order valence-corrected chi connectivity index (χ0v) is 12.9. The van der Waals surface area contributed by atoms with Gasteiger partial charge in [-0.3, -0.25) is 4.79 Å². The topological polar surface area (TPSA) is 41.5 Å². The number of carbonyl (C=O) groups excluding carboxylic acids is 1. The Balaban J connectivity index is 1.99. The highest BCUT2D eigenvalue weighted by molar-refractivity contribution is 6.36. The van der Waals surface area contributed by atoms with Crippen LogP contribution in [0.2, 0.25) is 10.0 Å². The number of benzene rings is 2. The van der Waals surface area contributed by atoms with Gasteiger partial charge in [0.05, 0.1) is 10.6 Å². The van der Waals surface area contributed by atoms with Crippen molar-refractivity contribution in [3.05, 3.63) is 69.7 Å². The lowest BCUT2D eigenvalue weighted by Crippen LogP contribution is -2.18. The van der Waals surface area contributed by atoms with Gasteiger partial charge in [0.2, 0.25) is 0 Å². The van der Waals surface area contributed by atoms with Crippen LogP contribution in [0.25, 0.3) is 0 Å². The third-order valence-corrected chi connectivity index (χ3v) is 3.51. The highest BCUT2D eigenvalue weighted by atomic mass is 35.5. The van der Waals surface area contributed by atoms with Gasteiger partial charge in [0.1, 0.15) is 0 Å². The zero-order chi connectivity index (χ0) is 15.2. The maximum atomic E-state index is 11.9. The predicted molar refractivity (Wildman–Crippen MR) is 87.3 cm³/mol. The van der Waals surface area contributed by atoms with E-state index in [0.29, 0.717) is 15.6 Å². The van der Waals surface area contributed by atoms with E-state index in [1.54, 1.807) is 18.3 Å². The van der Waals surface area contributed by atoms with E-state index >= 15 is 0 Å². The summed E-state index contributed by atoms with van der Waals surface area (Å²) >= 11 is 11.8. The van der Waals surface area contributed by atoms with Crippen LogP contribution in [0.3, 0.4) is 0 Å². The molecule has 1 N–H and O–H groups in total. The number of amides is 1. The van der Waals surface area contributed by atoms with Gasteiger partial charge in [-0.05, 0) is 23.8 Å². The summed E-state index contributed by atoms with van der Waals surface area (Å²) in [7, 11) is 0. The third-order valence-electron chi connectivity index (χ3n) is 2.97. The van der Waals surface area contributed by atoms with Crippen molar-refractivity contribution in [3.8, 4) is 0 Å². The highest BCUT2D eigenvalue weighted by Gasteiger charge is 2.09. The van der Waals surface area contributed by atoms with Crippen molar-refractivity contribution in [2.24, 2.45) is 5.10 Å².